The van der Waals surface area contributed by atoms with Gasteiger partial charge in [-0.15, -0.1) is 0 Å². The Morgan fingerprint density at radius 1 is 1.05 bits per heavy atom. The lowest BCUT2D eigenvalue weighted by Crippen LogP contribution is -2.55. The van der Waals surface area contributed by atoms with Gasteiger partial charge in [0.1, 0.15) is 0 Å². The van der Waals surface area contributed by atoms with Crippen LogP contribution in [0.3, 0.4) is 0 Å². The first kappa shape index (κ1) is 16.3. The zero-order valence-corrected chi connectivity index (χ0v) is 14.6. The molecule has 1 aliphatic carbocycles. The fraction of sp³-hybridized carbons (Fsp3) is 1.00. The maximum atomic E-state index is 3.61. The van der Waals surface area contributed by atoms with Gasteiger partial charge in [-0.3, -0.25) is 0 Å². The molecule has 3 rings (SSSR count). The van der Waals surface area contributed by atoms with E-state index in [-0.39, 0.29) is 5.54 Å². The number of nitrogens with one attached hydrogen (secondary N) is 1. The van der Waals surface area contributed by atoms with E-state index >= 15 is 0 Å². The number of fused-ring (bicyclic) bond motifs is 3. The van der Waals surface area contributed by atoms with Gasteiger partial charge in [-0.25, -0.2) is 0 Å². The Labute approximate surface area is 126 Å². The Morgan fingerprint density at radius 3 is 2.25 bits per heavy atom. The van der Waals surface area contributed by atoms with Crippen molar-refractivity contribution >= 4 is 0 Å². The van der Waals surface area contributed by atoms with Gasteiger partial charge < -0.3 is 10.2 Å². The summed E-state index contributed by atoms with van der Waals surface area (Å²) < 4.78 is 0. The van der Waals surface area contributed by atoms with E-state index in [1.807, 2.05) is 0 Å². The standard InChI is InChI=1S/C18H36N2/c1-17(2,3)16-12-15-9-8-14(16)13-20(15)11-7-10-19-18(4,5)6/h14-16,19H,7-13H2,1-6H3. The molecule has 1 saturated carbocycles. The van der Waals surface area contributed by atoms with Crippen molar-refractivity contribution in [1.82, 2.24) is 10.2 Å². The van der Waals surface area contributed by atoms with Crippen LogP contribution >= 0.6 is 0 Å². The molecule has 0 aromatic carbocycles. The van der Waals surface area contributed by atoms with Crippen LogP contribution in [0, 0.1) is 17.3 Å². The van der Waals surface area contributed by atoms with Gasteiger partial charge in [0, 0.05) is 18.1 Å². The zero-order chi connectivity index (χ0) is 15.0. The minimum Gasteiger partial charge on any atom is -0.312 e. The fourth-order valence-corrected chi connectivity index (χ4v) is 4.29. The van der Waals surface area contributed by atoms with Crippen molar-refractivity contribution in [2.24, 2.45) is 17.3 Å². The summed E-state index contributed by atoms with van der Waals surface area (Å²) in [5.74, 6) is 1.90. The molecule has 2 nitrogen and oxygen atoms in total. The van der Waals surface area contributed by atoms with Crippen LogP contribution in [0.5, 0.6) is 0 Å². The first-order chi connectivity index (χ1) is 9.17. The lowest BCUT2D eigenvalue weighted by atomic mass is 9.62. The van der Waals surface area contributed by atoms with Gasteiger partial charge in [0.05, 0.1) is 0 Å². The van der Waals surface area contributed by atoms with Crippen LogP contribution in [-0.4, -0.2) is 36.1 Å². The largest absolute Gasteiger partial charge is 0.312 e. The SMILES string of the molecule is CC(C)(C)NCCCN1CC2CCC1CC2C(C)(C)C. The maximum Gasteiger partial charge on any atom is 0.00984 e. The molecule has 3 unspecified atom stereocenters. The van der Waals surface area contributed by atoms with E-state index in [1.165, 1.54) is 38.8 Å². The maximum absolute atomic E-state index is 3.61. The third-order valence-corrected chi connectivity index (χ3v) is 5.34. The third-order valence-electron chi connectivity index (χ3n) is 5.34. The Hall–Kier alpha value is -0.0800. The Bertz CT molecular complexity index is 310. The van der Waals surface area contributed by atoms with Crippen molar-refractivity contribution in [3.8, 4) is 0 Å². The average Bonchev–Trinajstić information content (AvgIpc) is 2.33. The minimum absolute atomic E-state index is 0.262. The fourth-order valence-electron chi connectivity index (χ4n) is 4.29. The van der Waals surface area contributed by atoms with Crippen molar-refractivity contribution in [2.45, 2.75) is 78.8 Å². The molecule has 3 aliphatic rings. The number of hydrogen-bond acceptors (Lipinski definition) is 2. The molecule has 0 aromatic rings. The highest BCUT2D eigenvalue weighted by atomic mass is 15.2. The van der Waals surface area contributed by atoms with Crippen molar-refractivity contribution in [3.63, 3.8) is 0 Å². The molecule has 2 heterocycles. The summed E-state index contributed by atoms with van der Waals surface area (Å²) in [5.41, 5.74) is 0.765. The van der Waals surface area contributed by atoms with Crippen LogP contribution in [0.25, 0.3) is 0 Å². The number of nitrogens with zero attached hydrogens (tertiary/aromatic N) is 1. The predicted octanol–water partition coefficient (Wildman–Crippen LogP) is 3.91. The molecule has 118 valence electrons. The molecule has 2 saturated heterocycles. The molecule has 3 atom stereocenters. The number of rotatable bonds is 4. The molecule has 1 N–H and O–H groups in total. The van der Waals surface area contributed by atoms with Crippen molar-refractivity contribution in [1.29, 1.82) is 0 Å². The van der Waals surface area contributed by atoms with E-state index < -0.39 is 0 Å². The molecule has 0 radical (unpaired) electrons. The van der Waals surface area contributed by atoms with Gasteiger partial charge in [-0.05, 0) is 76.8 Å². The van der Waals surface area contributed by atoms with Gasteiger partial charge in [0.15, 0.2) is 0 Å². The van der Waals surface area contributed by atoms with Crippen LogP contribution in [0.2, 0.25) is 0 Å². The molecule has 2 aliphatic heterocycles. The van der Waals surface area contributed by atoms with Crippen LogP contribution < -0.4 is 5.32 Å². The molecule has 20 heavy (non-hydrogen) atoms. The first-order valence-electron chi connectivity index (χ1n) is 8.66. The summed E-state index contributed by atoms with van der Waals surface area (Å²) in [7, 11) is 0. The highest BCUT2D eigenvalue weighted by Gasteiger charge is 2.44. The summed E-state index contributed by atoms with van der Waals surface area (Å²) in [4.78, 5) is 2.79. The monoisotopic (exact) mass is 280 g/mol. The molecule has 0 spiro atoms. The molecule has 0 aromatic heterocycles. The van der Waals surface area contributed by atoms with Gasteiger partial charge in [0.2, 0.25) is 0 Å². The predicted molar refractivity (Wildman–Crippen MR) is 88.0 cm³/mol. The second-order valence-electron chi connectivity index (χ2n) is 9.22. The third kappa shape index (κ3) is 4.21. The van der Waals surface area contributed by atoms with E-state index in [0.29, 0.717) is 5.41 Å². The van der Waals surface area contributed by atoms with Crippen LogP contribution in [-0.2, 0) is 0 Å². The number of piperidine rings is 2. The molecule has 2 bridgehead atoms. The second kappa shape index (κ2) is 5.96. The van der Waals surface area contributed by atoms with Crippen molar-refractivity contribution < 1.29 is 0 Å². The quantitative estimate of drug-likeness (QED) is 0.785. The summed E-state index contributed by atoms with van der Waals surface area (Å²) in [6.07, 6.45) is 5.66. The van der Waals surface area contributed by atoms with Gasteiger partial charge in [0.25, 0.3) is 0 Å². The Kier molecular flexibility index (Phi) is 4.86. The molecule has 2 heteroatoms. The van der Waals surface area contributed by atoms with E-state index in [9.17, 15) is 0 Å². The van der Waals surface area contributed by atoms with Gasteiger partial charge in [-0.2, -0.15) is 0 Å². The number of hydrogen-bond donors (Lipinski definition) is 1. The van der Waals surface area contributed by atoms with Crippen molar-refractivity contribution in [2.75, 3.05) is 19.6 Å². The molecule has 3 fully saturated rings. The topological polar surface area (TPSA) is 15.3 Å². The van der Waals surface area contributed by atoms with Crippen LogP contribution in [0.1, 0.15) is 67.2 Å². The molecule has 0 amide bonds. The Balaban J connectivity index is 1.77. The highest BCUT2D eigenvalue weighted by Crippen LogP contribution is 2.47. The minimum atomic E-state index is 0.262. The smallest absolute Gasteiger partial charge is 0.00984 e. The first-order valence-corrected chi connectivity index (χ1v) is 8.66. The van der Waals surface area contributed by atoms with Crippen molar-refractivity contribution in [3.05, 3.63) is 0 Å². The lowest BCUT2D eigenvalue weighted by Gasteiger charge is -2.53. The van der Waals surface area contributed by atoms with Gasteiger partial charge in [-0.1, -0.05) is 20.8 Å². The molecular weight excluding hydrogens is 244 g/mol. The zero-order valence-electron chi connectivity index (χ0n) is 14.6. The summed E-state index contributed by atoms with van der Waals surface area (Å²) in [5, 5.41) is 3.61. The van der Waals surface area contributed by atoms with Gasteiger partial charge >= 0.3 is 0 Å². The van der Waals surface area contributed by atoms with Crippen LogP contribution in [0.15, 0.2) is 0 Å². The normalized spacial score (nSPS) is 31.8. The summed E-state index contributed by atoms with van der Waals surface area (Å²) >= 11 is 0. The van der Waals surface area contributed by atoms with Crippen LogP contribution in [0.4, 0.5) is 0 Å². The lowest BCUT2D eigenvalue weighted by molar-refractivity contribution is -0.0370. The van der Waals surface area contributed by atoms with E-state index in [4.69, 9.17) is 0 Å². The highest BCUT2D eigenvalue weighted by molar-refractivity contribution is 4.96. The Morgan fingerprint density at radius 2 is 1.75 bits per heavy atom. The summed E-state index contributed by atoms with van der Waals surface area (Å²) in [6, 6.07) is 0.874. The second-order valence-corrected chi connectivity index (χ2v) is 9.22. The van der Waals surface area contributed by atoms with E-state index in [0.717, 1.165) is 24.4 Å². The van der Waals surface area contributed by atoms with E-state index in [1.54, 1.807) is 0 Å². The average molecular weight is 280 g/mol. The molecular formula is C18H36N2. The van der Waals surface area contributed by atoms with E-state index in [2.05, 4.69) is 51.8 Å². The summed E-state index contributed by atoms with van der Waals surface area (Å²) in [6.45, 7) is 17.9.